The molecular formula is C27H31N3O4S. The Morgan fingerprint density at radius 2 is 1.86 bits per heavy atom. The maximum absolute atomic E-state index is 13.4. The number of hydrogen-bond donors (Lipinski definition) is 0. The topological polar surface area (TPSA) is 81.5 Å². The van der Waals surface area contributed by atoms with E-state index in [0.717, 1.165) is 31.2 Å². The van der Waals surface area contributed by atoms with E-state index in [-0.39, 0.29) is 23.3 Å². The van der Waals surface area contributed by atoms with Crippen molar-refractivity contribution in [2.45, 2.75) is 56.3 Å². The average Bonchev–Trinajstić information content (AvgIpc) is 2.91. The second-order valence-corrected chi connectivity index (χ2v) is 9.84. The van der Waals surface area contributed by atoms with Crippen LogP contribution in [0.5, 0.6) is 0 Å². The summed E-state index contributed by atoms with van der Waals surface area (Å²) in [7, 11) is 3.19. The lowest BCUT2D eigenvalue weighted by atomic mass is 9.94. The van der Waals surface area contributed by atoms with Crippen molar-refractivity contribution in [2.75, 3.05) is 19.9 Å². The van der Waals surface area contributed by atoms with Crippen LogP contribution in [0.1, 0.15) is 48.0 Å². The number of methoxy groups -OCH3 is 1. The van der Waals surface area contributed by atoms with Crippen LogP contribution < -0.4 is 5.56 Å². The van der Waals surface area contributed by atoms with Crippen LogP contribution in [0.3, 0.4) is 0 Å². The lowest BCUT2D eigenvalue weighted by Crippen LogP contribution is -2.39. The van der Waals surface area contributed by atoms with Gasteiger partial charge in [-0.05, 0) is 43.0 Å². The number of nitrogens with zero attached hydrogens (tertiary/aromatic N) is 3. The SMILES string of the molecule is COC(=O)c1ccc2c(=O)n(CCc3ccccc3)c(SCC(=O)N(C)C3CCCCC3)nc2c1. The molecular weight excluding hydrogens is 462 g/mol. The van der Waals surface area contributed by atoms with Crippen LogP contribution in [0, 0.1) is 0 Å². The molecule has 3 aromatic rings. The van der Waals surface area contributed by atoms with Gasteiger partial charge in [0.1, 0.15) is 0 Å². The smallest absolute Gasteiger partial charge is 0.337 e. The first-order valence-electron chi connectivity index (χ1n) is 12.0. The minimum Gasteiger partial charge on any atom is -0.465 e. The first-order chi connectivity index (χ1) is 17.0. The quantitative estimate of drug-likeness (QED) is 0.264. The molecule has 1 fully saturated rings. The number of aryl methyl sites for hydroxylation is 1. The lowest BCUT2D eigenvalue weighted by Gasteiger charge is -2.31. The number of carbonyl (C=O) groups excluding carboxylic acids is 2. The van der Waals surface area contributed by atoms with Crippen molar-refractivity contribution in [3.05, 3.63) is 70.0 Å². The van der Waals surface area contributed by atoms with Crippen molar-refractivity contribution in [1.82, 2.24) is 14.5 Å². The van der Waals surface area contributed by atoms with Crippen molar-refractivity contribution in [3.8, 4) is 0 Å². The number of hydrogen-bond acceptors (Lipinski definition) is 6. The largest absolute Gasteiger partial charge is 0.465 e. The van der Waals surface area contributed by atoms with Crippen LogP contribution >= 0.6 is 11.8 Å². The van der Waals surface area contributed by atoms with E-state index in [1.165, 1.54) is 25.3 Å². The zero-order chi connectivity index (χ0) is 24.8. The van der Waals surface area contributed by atoms with Gasteiger partial charge < -0.3 is 9.64 Å². The maximum Gasteiger partial charge on any atom is 0.337 e. The summed E-state index contributed by atoms with van der Waals surface area (Å²) in [5.41, 5.74) is 1.69. The molecule has 1 saturated carbocycles. The van der Waals surface area contributed by atoms with Gasteiger partial charge in [-0.25, -0.2) is 9.78 Å². The molecule has 4 rings (SSSR count). The molecule has 0 saturated heterocycles. The summed E-state index contributed by atoms with van der Waals surface area (Å²) in [5.74, 6) is -0.248. The third-order valence-electron chi connectivity index (χ3n) is 6.65. The summed E-state index contributed by atoms with van der Waals surface area (Å²) < 4.78 is 6.46. The fraction of sp³-hybridized carbons (Fsp3) is 0.407. The monoisotopic (exact) mass is 493 g/mol. The molecule has 0 spiro atoms. The average molecular weight is 494 g/mol. The van der Waals surface area contributed by atoms with E-state index in [0.29, 0.717) is 34.6 Å². The van der Waals surface area contributed by atoms with Gasteiger partial charge in [-0.15, -0.1) is 0 Å². The minimum atomic E-state index is -0.486. The zero-order valence-corrected chi connectivity index (χ0v) is 21.1. The number of thioether (sulfide) groups is 1. The van der Waals surface area contributed by atoms with Gasteiger partial charge in [-0.3, -0.25) is 14.2 Å². The molecule has 0 aliphatic heterocycles. The van der Waals surface area contributed by atoms with Crippen LogP contribution in [0.4, 0.5) is 0 Å². The van der Waals surface area contributed by atoms with E-state index in [1.807, 2.05) is 42.3 Å². The standard InChI is InChI=1S/C27H31N3O4S/c1-29(21-11-7-4-8-12-21)24(31)18-35-27-28-23-17-20(26(33)34-2)13-14-22(23)25(32)30(27)16-15-19-9-5-3-6-10-19/h3,5-6,9-10,13-14,17,21H,4,7-8,11-12,15-16,18H2,1-2H3. The summed E-state index contributed by atoms with van der Waals surface area (Å²) in [4.78, 5) is 45.0. The highest BCUT2D eigenvalue weighted by atomic mass is 32.2. The molecule has 184 valence electrons. The fourth-order valence-corrected chi connectivity index (χ4v) is 5.49. The molecule has 0 bridgehead atoms. The number of carbonyl (C=O) groups is 2. The number of fused-ring (bicyclic) bond motifs is 1. The van der Waals surface area contributed by atoms with Gasteiger partial charge in [0.15, 0.2) is 5.16 Å². The van der Waals surface area contributed by atoms with Crippen LogP contribution in [0.2, 0.25) is 0 Å². The summed E-state index contributed by atoms with van der Waals surface area (Å²) in [6.07, 6.45) is 6.29. The van der Waals surface area contributed by atoms with E-state index in [2.05, 4.69) is 0 Å². The third-order valence-corrected chi connectivity index (χ3v) is 7.61. The Morgan fingerprint density at radius 3 is 2.57 bits per heavy atom. The molecule has 0 N–H and O–H groups in total. The van der Waals surface area contributed by atoms with Crippen molar-refractivity contribution in [1.29, 1.82) is 0 Å². The fourth-order valence-electron chi connectivity index (χ4n) is 4.54. The van der Waals surface area contributed by atoms with E-state index in [4.69, 9.17) is 9.72 Å². The third kappa shape index (κ3) is 5.93. The minimum absolute atomic E-state index is 0.0363. The Labute approximate surface area is 209 Å². The van der Waals surface area contributed by atoms with E-state index < -0.39 is 5.97 Å². The molecule has 1 heterocycles. The van der Waals surface area contributed by atoms with E-state index in [1.54, 1.807) is 22.8 Å². The highest BCUT2D eigenvalue weighted by molar-refractivity contribution is 7.99. The predicted molar refractivity (Wildman–Crippen MR) is 138 cm³/mol. The highest BCUT2D eigenvalue weighted by Crippen LogP contribution is 2.24. The van der Waals surface area contributed by atoms with Gasteiger partial charge in [-0.1, -0.05) is 61.4 Å². The van der Waals surface area contributed by atoms with Gasteiger partial charge in [0.25, 0.3) is 5.56 Å². The lowest BCUT2D eigenvalue weighted by molar-refractivity contribution is -0.129. The number of aromatic nitrogens is 2. The van der Waals surface area contributed by atoms with Gasteiger partial charge in [-0.2, -0.15) is 0 Å². The molecule has 35 heavy (non-hydrogen) atoms. The summed E-state index contributed by atoms with van der Waals surface area (Å²) in [6.45, 7) is 0.444. The molecule has 7 nitrogen and oxygen atoms in total. The number of amides is 1. The number of benzene rings is 2. The number of esters is 1. The van der Waals surface area contributed by atoms with Crippen molar-refractivity contribution in [2.24, 2.45) is 0 Å². The van der Waals surface area contributed by atoms with Gasteiger partial charge in [0, 0.05) is 19.6 Å². The summed E-state index contributed by atoms with van der Waals surface area (Å²) in [5, 5.41) is 0.909. The second-order valence-electron chi connectivity index (χ2n) is 8.90. The Bertz CT molecular complexity index is 1250. The summed E-state index contributed by atoms with van der Waals surface area (Å²) in [6, 6.07) is 15.0. The molecule has 2 aromatic carbocycles. The van der Waals surface area contributed by atoms with Crippen LogP contribution in [0.15, 0.2) is 58.5 Å². The van der Waals surface area contributed by atoms with Crippen LogP contribution in [-0.2, 0) is 22.5 Å². The normalized spacial score (nSPS) is 14.1. The number of ether oxygens (including phenoxy) is 1. The van der Waals surface area contributed by atoms with Crippen LogP contribution in [0.25, 0.3) is 10.9 Å². The van der Waals surface area contributed by atoms with Crippen molar-refractivity contribution >= 4 is 34.5 Å². The number of rotatable bonds is 8. The zero-order valence-electron chi connectivity index (χ0n) is 20.2. The Kier molecular flexibility index (Phi) is 8.23. The van der Waals surface area contributed by atoms with Gasteiger partial charge in [0.2, 0.25) is 5.91 Å². The molecule has 1 amide bonds. The molecule has 8 heteroatoms. The van der Waals surface area contributed by atoms with E-state index in [9.17, 15) is 14.4 Å². The predicted octanol–water partition coefficient (Wildman–Crippen LogP) is 4.31. The van der Waals surface area contributed by atoms with Crippen LogP contribution in [-0.4, -0.2) is 52.3 Å². The molecule has 0 radical (unpaired) electrons. The maximum atomic E-state index is 13.4. The molecule has 1 aromatic heterocycles. The van der Waals surface area contributed by atoms with Crippen molar-refractivity contribution < 1.29 is 14.3 Å². The Balaban J connectivity index is 1.62. The Morgan fingerprint density at radius 1 is 1.11 bits per heavy atom. The van der Waals surface area contributed by atoms with Crippen molar-refractivity contribution in [3.63, 3.8) is 0 Å². The Hall–Kier alpha value is -3.13. The molecule has 0 atom stereocenters. The first kappa shape index (κ1) is 25.0. The summed E-state index contributed by atoms with van der Waals surface area (Å²) >= 11 is 1.28. The molecule has 0 unspecified atom stereocenters. The highest BCUT2D eigenvalue weighted by Gasteiger charge is 2.23. The molecule has 1 aliphatic carbocycles. The molecule has 1 aliphatic rings. The van der Waals surface area contributed by atoms with E-state index >= 15 is 0 Å². The first-order valence-corrected chi connectivity index (χ1v) is 13.0. The second kappa shape index (κ2) is 11.5. The van der Waals surface area contributed by atoms with Gasteiger partial charge in [0.05, 0.1) is 29.3 Å². The van der Waals surface area contributed by atoms with Gasteiger partial charge >= 0.3 is 5.97 Å².